The largest absolute Gasteiger partial charge is 0.399 e. The van der Waals surface area contributed by atoms with Crippen molar-refractivity contribution in [1.29, 1.82) is 0 Å². The Morgan fingerprint density at radius 3 is 2.71 bits per heavy atom. The summed E-state index contributed by atoms with van der Waals surface area (Å²) in [5.74, 6) is 0.203. The van der Waals surface area contributed by atoms with Gasteiger partial charge in [0.25, 0.3) is 0 Å². The number of rotatable bonds is 7. The quantitative estimate of drug-likeness (QED) is 0.705. The number of unbranched alkanes of at least 4 members (excludes halogenated alkanes) is 1. The molecule has 0 fully saturated rings. The van der Waals surface area contributed by atoms with Gasteiger partial charge in [-0.15, -0.1) is 0 Å². The zero-order chi connectivity index (χ0) is 15.9. The molecule has 0 aromatic heterocycles. The third-order valence-electron chi connectivity index (χ3n) is 3.92. The number of nitrogens with two attached hydrogens (primary N) is 2. The minimum Gasteiger partial charge on any atom is -0.399 e. The second-order valence-electron chi connectivity index (χ2n) is 5.53. The summed E-state index contributed by atoms with van der Waals surface area (Å²) < 4.78 is 0. The molecule has 4 N–H and O–H groups in total. The lowest BCUT2D eigenvalue weighted by Crippen LogP contribution is -2.56. The molecule has 1 aliphatic rings. The van der Waals surface area contributed by atoms with E-state index in [-0.39, 0.29) is 5.92 Å². The third-order valence-corrected chi connectivity index (χ3v) is 3.92. The van der Waals surface area contributed by atoms with Crippen molar-refractivity contribution < 1.29 is 0 Å². The monoisotopic (exact) mass is 288 g/mol. The standard InChI is InChI=1S/C17H28N4/c1-5-8-10-15-12-20-21-16(17(15,19)7-3)14(9-6-2)11-13(4)18/h6,9,11-12,15H,4-5,7-8,10,18-19H2,1-3H3/b9-6-,14-11+. The van der Waals surface area contributed by atoms with E-state index in [1.807, 2.05) is 31.4 Å². The van der Waals surface area contributed by atoms with E-state index >= 15 is 0 Å². The highest BCUT2D eigenvalue weighted by Crippen LogP contribution is 2.30. The molecule has 21 heavy (non-hydrogen) atoms. The molecule has 2 unspecified atom stereocenters. The van der Waals surface area contributed by atoms with Gasteiger partial charge in [0.2, 0.25) is 0 Å². The van der Waals surface area contributed by atoms with Gasteiger partial charge in [0.05, 0.1) is 11.3 Å². The molecule has 1 aliphatic heterocycles. The zero-order valence-corrected chi connectivity index (χ0v) is 13.5. The van der Waals surface area contributed by atoms with Crippen molar-refractivity contribution in [1.82, 2.24) is 0 Å². The first kappa shape index (κ1) is 17.4. The number of nitrogens with zero attached hydrogens (tertiary/aromatic N) is 2. The second-order valence-corrected chi connectivity index (χ2v) is 5.53. The zero-order valence-electron chi connectivity index (χ0n) is 13.5. The van der Waals surface area contributed by atoms with Gasteiger partial charge in [-0.1, -0.05) is 45.4 Å². The smallest absolute Gasteiger partial charge is 0.0908 e. The number of allylic oxidation sites excluding steroid dienone is 3. The highest BCUT2D eigenvalue weighted by Gasteiger charge is 2.40. The minimum absolute atomic E-state index is 0.203. The van der Waals surface area contributed by atoms with Gasteiger partial charge in [0.1, 0.15) is 0 Å². The predicted molar refractivity (Wildman–Crippen MR) is 92.4 cm³/mol. The molecule has 4 nitrogen and oxygen atoms in total. The Labute approximate surface area is 128 Å². The Bertz CT molecular complexity index is 485. The molecule has 1 heterocycles. The molecular weight excluding hydrogens is 260 g/mol. The molecule has 0 aromatic rings. The highest BCUT2D eigenvalue weighted by molar-refractivity contribution is 6.11. The molecule has 1 rings (SSSR count). The first-order valence-electron chi connectivity index (χ1n) is 7.69. The van der Waals surface area contributed by atoms with Crippen molar-refractivity contribution in [2.75, 3.05) is 0 Å². The summed E-state index contributed by atoms with van der Waals surface area (Å²) in [5.41, 5.74) is 14.2. The van der Waals surface area contributed by atoms with Gasteiger partial charge in [0.15, 0.2) is 0 Å². The summed E-state index contributed by atoms with van der Waals surface area (Å²) >= 11 is 0. The van der Waals surface area contributed by atoms with Gasteiger partial charge >= 0.3 is 0 Å². The Balaban J connectivity index is 3.22. The fraction of sp³-hybridized carbons (Fsp3) is 0.529. The van der Waals surface area contributed by atoms with Crippen LogP contribution in [0.2, 0.25) is 0 Å². The lowest BCUT2D eigenvalue weighted by Gasteiger charge is -2.38. The van der Waals surface area contributed by atoms with Crippen molar-refractivity contribution in [3.05, 3.63) is 36.1 Å². The van der Waals surface area contributed by atoms with Gasteiger partial charge in [-0.25, -0.2) is 0 Å². The van der Waals surface area contributed by atoms with E-state index < -0.39 is 5.54 Å². The van der Waals surface area contributed by atoms with Crippen LogP contribution in [0.15, 0.2) is 46.3 Å². The van der Waals surface area contributed by atoms with Gasteiger partial charge in [-0.2, -0.15) is 10.2 Å². The van der Waals surface area contributed by atoms with Crippen molar-refractivity contribution in [3.63, 3.8) is 0 Å². The van der Waals surface area contributed by atoms with E-state index in [0.29, 0.717) is 5.70 Å². The summed E-state index contributed by atoms with van der Waals surface area (Å²) in [5, 5.41) is 8.51. The van der Waals surface area contributed by atoms with Crippen molar-refractivity contribution in [3.8, 4) is 0 Å². The highest BCUT2D eigenvalue weighted by atomic mass is 15.2. The van der Waals surface area contributed by atoms with Crippen LogP contribution in [-0.2, 0) is 0 Å². The molecule has 0 aromatic carbocycles. The molecule has 0 bridgehead atoms. The van der Waals surface area contributed by atoms with Gasteiger partial charge in [-0.05, 0) is 25.8 Å². The lowest BCUT2D eigenvalue weighted by atomic mass is 9.73. The molecule has 4 heteroatoms. The maximum atomic E-state index is 6.73. The summed E-state index contributed by atoms with van der Waals surface area (Å²) in [7, 11) is 0. The van der Waals surface area contributed by atoms with Crippen molar-refractivity contribution in [2.24, 2.45) is 27.6 Å². The van der Waals surface area contributed by atoms with E-state index in [1.165, 1.54) is 0 Å². The van der Waals surface area contributed by atoms with Crippen LogP contribution in [-0.4, -0.2) is 17.5 Å². The van der Waals surface area contributed by atoms with Crippen LogP contribution in [0.1, 0.15) is 46.5 Å². The van der Waals surface area contributed by atoms with E-state index in [1.54, 1.807) is 0 Å². The van der Waals surface area contributed by atoms with Crippen molar-refractivity contribution in [2.45, 2.75) is 52.0 Å². The molecular formula is C17H28N4. The van der Waals surface area contributed by atoms with Gasteiger partial charge in [-0.3, -0.25) is 0 Å². The third kappa shape index (κ3) is 4.14. The minimum atomic E-state index is -0.502. The van der Waals surface area contributed by atoms with E-state index in [9.17, 15) is 0 Å². The Hall–Kier alpha value is -1.68. The first-order valence-corrected chi connectivity index (χ1v) is 7.69. The molecule has 2 atom stereocenters. The maximum Gasteiger partial charge on any atom is 0.0908 e. The maximum absolute atomic E-state index is 6.73. The molecule has 0 radical (unpaired) electrons. The lowest BCUT2D eigenvalue weighted by molar-refractivity contribution is 0.400. The molecule has 0 saturated carbocycles. The number of hydrogen-bond acceptors (Lipinski definition) is 4. The fourth-order valence-corrected chi connectivity index (χ4v) is 2.66. The molecule has 116 valence electrons. The van der Waals surface area contributed by atoms with Gasteiger partial charge in [0, 0.05) is 23.4 Å². The Morgan fingerprint density at radius 2 is 2.19 bits per heavy atom. The average Bonchev–Trinajstić information content (AvgIpc) is 2.45. The van der Waals surface area contributed by atoms with Crippen LogP contribution in [0, 0.1) is 5.92 Å². The van der Waals surface area contributed by atoms with E-state index in [0.717, 1.165) is 37.0 Å². The molecule has 0 amide bonds. The van der Waals surface area contributed by atoms with Crippen LogP contribution in [0.4, 0.5) is 0 Å². The Kier molecular flexibility index (Phi) is 6.56. The van der Waals surface area contributed by atoms with E-state index in [2.05, 4.69) is 30.6 Å². The van der Waals surface area contributed by atoms with Crippen LogP contribution in [0.25, 0.3) is 0 Å². The van der Waals surface area contributed by atoms with Crippen LogP contribution in [0.3, 0.4) is 0 Å². The van der Waals surface area contributed by atoms with Crippen LogP contribution in [0.5, 0.6) is 0 Å². The van der Waals surface area contributed by atoms with Crippen molar-refractivity contribution >= 4 is 11.9 Å². The Morgan fingerprint density at radius 1 is 1.48 bits per heavy atom. The molecule has 0 aliphatic carbocycles. The average molecular weight is 288 g/mol. The SMILES string of the molecule is C=C(N)/C=C(\C=C/C)C1=NN=CC(CCCC)C1(N)CC. The van der Waals surface area contributed by atoms with Gasteiger partial charge < -0.3 is 11.5 Å². The topological polar surface area (TPSA) is 76.8 Å². The number of hydrogen-bond donors (Lipinski definition) is 2. The van der Waals surface area contributed by atoms with Crippen LogP contribution < -0.4 is 11.5 Å². The summed E-state index contributed by atoms with van der Waals surface area (Å²) in [6.07, 6.45) is 11.7. The normalized spacial score (nSPS) is 26.2. The molecule has 0 spiro atoms. The summed E-state index contributed by atoms with van der Waals surface area (Å²) in [6, 6.07) is 0. The summed E-state index contributed by atoms with van der Waals surface area (Å²) in [4.78, 5) is 0. The van der Waals surface area contributed by atoms with E-state index in [4.69, 9.17) is 11.5 Å². The fourth-order valence-electron chi connectivity index (χ4n) is 2.66. The molecule has 0 saturated heterocycles. The predicted octanol–water partition coefficient (Wildman–Crippen LogP) is 3.32. The first-order chi connectivity index (χ1) is 9.99. The summed E-state index contributed by atoms with van der Waals surface area (Å²) in [6.45, 7) is 9.98. The second kappa shape index (κ2) is 7.93. The van der Waals surface area contributed by atoms with Crippen LogP contribution >= 0.6 is 0 Å².